The molecule has 0 unspecified atom stereocenters. The van der Waals surface area contributed by atoms with Crippen LogP contribution in [0.2, 0.25) is 0 Å². The fourth-order valence-electron chi connectivity index (χ4n) is 3.99. The topological polar surface area (TPSA) is 71.5 Å². The number of thiophene rings is 1. The van der Waals surface area contributed by atoms with Gasteiger partial charge in [-0.25, -0.2) is 4.79 Å². The van der Waals surface area contributed by atoms with Crippen molar-refractivity contribution in [1.29, 1.82) is 0 Å². The second-order valence-corrected chi connectivity index (χ2v) is 9.53. The molecule has 0 spiro atoms. The predicted octanol–water partition coefficient (Wildman–Crippen LogP) is 3.53. The molecular weight excluding hydrogens is 362 g/mol. The van der Waals surface area contributed by atoms with Crippen LogP contribution >= 0.6 is 11.3 Å². The highest BCUT2D eigenvalue weighted by molar-refractivity contribution is 7.20. The molecular formula is C20H25N3O3S. The van der Waals surface area contributed by atoms with E-state index < -0.39 is 5.60 Å². The number of hydrogen-bond acceptors (Lipinski definition) is 5. The summed E-state index contributed by atoms with van der Waals surface area (Å²) in [5, 5.41) is 4.09. The van der Waals surface area contributed by atoms with E-state index in [0.717, 1.165) is 34.5 Å². The number of aromatic nitrogens is 1. The van der Waals surface area contributed by atoms with E-state index in [2.05, 4.69) is 10.3 Å². The van der Waals surface area contributed by atoms with E-state index in [4.69, 9.17) is 4.74 Å². The van der Waals surface area contributed by atoms with Crippen molar-refractivity contribution >= 4 is 33.4 Å². The lowest BCUT2D eigenvalue weighted by Gasteiger charge is -2.25. The van der Waals surface area contributed by atoms with Crippen molar-refractivity contribution in [2.75, 3.05) is 19.6 Å². The third-order valence-electron chi connectivity index (χ3n) is 5.33. The van der Waals surface area contributed by atoms with Crippen molar-refractivity contribution in [3.05, 3.63) is 29.4 Å². The number of pyridine rings is 1. The van der Waals surface area contributed by atoms with Gasteiger partial charge < -0.3 is 15.0 Å². The zero-order chi connectivity index (χ0) is 19.2. The first-order chi connectivity index (χ1) is 12.8. The standard InChI is InChI=1S/C20H25N3O3S/c1-20(2,3)26-19(25)23-10-14-13(15(14)11-23)5-7-22-18(24)16-8-12-4-6-21-9-17(12)27-16/h4,6,8-9,13-15H,5,7,10-11H2,1-3H3,(H,22,24)/t13-,14-,15+. The van der Waals surface area contributed by atoms with Crippen LogP contribution in [0.25, 0.3) is 10.1 Å². The Kier molecular flexibility index (Phi) is 4.58. The first-order valence-corrected chi connectivity index (χ1v) is 10.2. The van der Waals surface area contributed by atoms with Gasteiger partial charge in [0.05, 0.1) is 9.58 Å². The molecule has 144 valence electrons. The second-order valence-electron chi connectivity index (χ2n) is 8.45. The third-order valence-corrected chi connectivity index (χ3v) is 6.42. The fraction of sp³-hybridized carbons (Fsp3) is 0.550. The van der Waals surface area contributed by atoms with Crippen molar-refractivity contribution in [2.45, 2.75) is 32.8 Å². The molecule has 0 bridgehead atoms. The molecule has 1 saturated carbocycles. The van der Waals surface area contributed by atoms with Gasteiger partial charge in [0, 0.05) is 32.0 Å². The third kappa shape index (κ3) is 3.93. The number of likely N-dealkylation sites (tertiary alicyclic amines) is 1. The van der Waals surface area contributed by atoms with Crippen molar-refractivity contribution in [3.63, 3.8) is 0 Å². The average molecular weight is 388 g/mol. The molecule has 2 aromatic rings. The summed E-state index contributed by atoms with van der Waals surface area (Å²) in [6.07, 6.45) is 4.29. The van der Waals surface area contributed by atoms with Crippen LogP contribution in [-0.2, 0) is 4.74 Å². The molecule has 1 N–H and O–H groups in total. The molecule has 1 aliphatic carbocycles. The minimum Gasteiger partial charge on any atom is -0.444 e. The summed E-state index contributed by atoms with van der Waals surface area (Å²) in [6.45, 7) is 7.90. The Morgan fingerprint density at radius 3 is 2.74 bits per heavy atom. The van der Waals surface area contributed by atoms with E-state index >= 15 is 0 Å². The maximum Gasteiger partial charge on any atom is 0.410 e. The smallest absolute Gasteiger partial charge is 0.410 e. The minimum atomic E-state index is -0.448. The number of nitrogens with one attached hydrogen (secondary N) is 1. The summed E-state index contributed by atoms with van der Waals surface area (Å²) in [5.41, 5.74) is -0.448. The number of ether oxygens (including phenoxy) is 1. The molecule has 2 aromatic heterocycles. The Balaban J connectivity index is 1.21. The van der Waals surface area contributed by atoms with Crippen molar-refractivity contribution in [2.24, 2.45) is 17.8 Å². The van der Waals surface area contributed by atoms with Gasteiger partial charge in [0.1, 0.15) is 5.60 Å². The monoisotopic (exact) mass is 387 g/mol. The van der Waals surface area contributed by atoms with Gasteiger partial charge in [0.2, 0.25) is 0 Å². The Morgan fingerprint density at radius 1 is 1.33 bits per heavy atom. The Hall–Kier alpha value is -2.15. The summed E-state index contributed by atoms with van der Waals surface area (Å²) in [4.78, 5) is 31.1. The number of carbonyl (C=O) groups excluding carboxylic acids is 2. The van der Waals surface area contributed by atoms with Gasteiger partial charge in [-0.15, -0.1) is 11.3 Å². The number of carbonyl (C=O) groups is 2. The van der Waals surface area contributed by atoms with Crippen molar-refractivity contribution < 1.29 is 14.3 Å². The number of nitrogens with zero attached hydrogens (tertiary/aromatic N) is 2. The van der Waals surface area contributed by atoms with Crippen LogP contribution in [0.15, 0.2) is 24.5 Å². The lowest BCUT2D eigenvalue weighted by Crippen LogP contribution is -2.37. The molecule has 4 rings (SSSR count). The largest absolute Gasteiger partial charge is 0.444 e. The zero-order valence-electron chi connectivity index (χ0n) is 15.9. The molecule has 0 aromatic carbocycles. The maximum absolute atomic E-state index is 12.3. The van der Waals surface area contributed by atoms with Gasteiger partial charge in [-0.1, -0.05) is 0 Å². The van der Waals surface area contributed by atoms with E-state index in [1.165, 1.54) is 11.3 Å². The van der Waals surface area contributed by atoms with Crippen LogP contribution in [0.5, 0.6) is 0 Å². The average Bonchev–Trinajstić information content (AvgIpc) is 3.00. The quantitative estimate of drug-likeness (QED) is 0.871. The number of rotatable bonds is 4. The van der Waals surface area contributed by atoms with E-state index in [-0.39, 0.29) is 12.0 Å². The highest BCUT2D eigenvalue weighted by Crippen LogP contribution is 2.53. The molecule has 27 heavy (non-hydrogen) atoms. The van der Waals surface area contributed by atoms with Gasteiger partial charge in [-0.05, 0) is 62.5 Å². The van der Waals surface area contributed by atoms with Gasteiger partial charge in [0.25, 0.3) is 5.91 Å². The zero-order valence-corrected chi connectivity index (χ0v) is 16.7. The predicted molar refractivity (Wildman–Crippen MR) is 105 cm³/mol. The second kappa shape index (κ2) is 6.78. The number of hydrogen-bond donors (Lipinski definition) is 1. The van der Waals surface area contributed by atoms with Crippen LogP contribution in [0.4, 0.5) is 4.79 Å². The number of amides is 2. The molecule has 7 heteroatoms. The van der Waals surface area contributed by atoms with Gasteiger partial charge in [-0.2, -0.15) is 0 Å². The Morgan fingerprint density at radius 2 is 2.07 bits per heavy atom. The van der Waals surface area contributed by atoms with Crippen LogP contribution < -0.4 is 5.32 Å². The summed E-state index contributed by atoms with van der Waals surface area (Å²) in [5.74, 6) is 1.71. The van der Waals surface area contributed by atoms with E-state index in [9.17, 15) is 9.59 Å². The first-order valence-electron chi connectivity index (χ1n) is 9.41. The van der Waals surface area contributed by atoms with E-state index in [1.54, 1.807) is 12.4 Å². The van der Waals surface area contributed by atoms with Crippen molar-refractivity contribution in [3.8, 4) is 0 Å². The van der Waals surface area contributed by atoms with Crippen LogP contribution in [0, 0.1) is 17.8 Å². The van der Waals surface area contributed by atoms with E-state index in [0.29, 0.717) is 24.3 Å². The maximum atomic E-state index is 12.3. The lowest BCUT2D eigenvalue weighted by molar-refractivity contribution is 0.0265. The highest BCUT2D eigenvalue weighted by Gasteiger charge is 2.56. The van der Waals surface area contributed by atoms with E-state index in [1.807, 2.05) is 37.8 Å². The summed E-state index contributed by atoms with van der Waals surface area (Å²) >= 11 is 1.47. The van der Waals surface area contributed by atoms with Gasteiger partial charge in [-0.3, -0.25) is 9.78 Å². The molecule has 2 aliphatic rings. The fourth-order valence-corrected chi connectivity index (χ4v) is 4.94. The lowest BCUT2D eigenvalue weighted by atomic mass is 10.2. The number of piperidine rings is 1. The molecule has 2 amide bonds. The van der Waals surface area contributed by atoms with Crippen molar-refractivity contribution in [1.82, 2.24) is 15.2 Å². The Labute approximate surface area is 162 Å². The molecule has 1 aliphatic heterocycles. The van der Waals surface area contributed by atoms with Crippen LogP contribution in [0.1, 0.15) is 36.9 Å². The van der Waals surface area contributed by atoms with Gasteiger partial charge in [0.15, 0.2) is 0 Å². The number of fused-ring (bicyclic) bond motifs is 2. The highest BCUT2D eigenvalue weighted by atomic mass is 32.1. The summed E-state index contributed by atoms with van der Waals surface area (Å²) in [7, 11) is 0. The first kappa shape index (κ1) is 18.2. The molecule has 0 radical (unpaired) electrons. The summed E-state index contributed by atoms with van der Waals surface area (Å²) < 4.78 is 6.47. The van der Waals surface area contributed by atoms with Crippen LogP contribution in [0.3, 0.4) is 0 Å². The molecule has 2 fully saturated rings. The SMILES string of the molecule is CC(C)(C)OC(=O)N1C[C@@H]2[C@@H](CCNC(=O)c3cc4ccncc4s3)[C@@H]2C1. The van der Waals surface area contributed by atoms with Gasteiger partial charge >= 0.3 is 6.09 Å². The summed E-state index contributed by atoms with van der Waals surface area (Å²) in [6, 6.07) is 3.84. The molecule has 6 nitrogen and oxygen atoms in total. The normalized spacial score (nSPS) is 24.0. The Bertz CT molecular complexity index is 828. The molecule has 3 atom stereocenters. The van der Waals surface area contributed by atoms with Crippen LogP contribution in [-0.4, -0.2) is 47.1 Å². The molecule has 1 saturated heterocycles. The minimum absolute atomic E-state index is 0.0163. The molecule has 3 heterocycles.